The Morgan fingerprint density at radius 1 is 1.23 bits per heavy atom. The van der Waals surface area contributed by atoms with Crippen molar-refractivity contribution in [2.75, 3.05) is 17.4 Å². The zero-order valence-electron chi connectivity index (χ0n) is 13.3. The molecule has 0 saturated heterocycles. The van der Waals surface area contributed by atoms with Gasteiger partial charge in [0, 0.05) is 24.0 Å². The van der Waals surface area contributed by atoms with Crippen molar-refractivity contribution >= 4 is 23.0 Å². The Balaban J connectivity index is 1.74. The number of hydrogen-bond donors (Lipinski definition) is 2. The maximum atomic E-state index is 12.2. The summed E-state index contributed by atoms with van der Waals surface area (Å²) < 4.78 is 10.4. The molecule has 1 aliphatic rings. The molecule has 3 rings (SSSR count). The number of nitriles is 1. The lowest BCUT2D eigenvalue weighted by atomic mass is 10.2. The van der Waals surface area contributed by atoms with Crippen molar-refractivity contribution < 1.29 is 19.2 Å². The largest absolute Gasteiger partial charge is 0.454 e. The van der Waals surface area contributed by atoms with Gasteiger partial charge in [-0.3, -0.25) is 14.9 Å². The van der Waals surface area contributed by atoms with Gasteiger partial charge in [0.25, 0.3) is 11.6 Å². The Morgan fingerprint density at radius 2 is 2.00 bits per heavy atom. The number of fused-ring (bicyclic) bond motifs is 1. The van der Waals surface area contributed by atoms with Crippen LogP contribution in [0.15, 0.2) is 54.2 Å². The van der Waals surface area contributed by atoms with Crippen LogP contribution in [0.4, 0.5) is 17.1 Å². The highest BCUT2D eigenvalue weighted by Crippen LogP contribution is 2.34. The number of nitrogens with zero attached hydrogens (tertiary/aromatic N) is 2. The van der Waals surface area contributed by atoms with Crippen LogP contribution in [-0.2, 0) is 4.79 Å². The monoisotopic (exact) mass is 352 g/mol. The van der Waals surface area contributed by atoms with Gasteiger partial charge in [-0.1, -0.05) is 12.1 Å². The van der Waals surface area contributed by atoms with Crippen molar-refractivity contribution in [1.82, 2.24) is 0 Å². The second-order valence-corrected chi connectivity index (χ2v) is 5.11. The van der Waals surface area contributed by atoms with Gasteiger partial charge < -0.3 is 20.1 Å². The van der Waals surface area contributed by atoms with Gasteiger partial charge in [0.1, 0.15) is 17.3 Å². The summed E-state index contributed by atoms with van der Waals surface area (Å²) in [5.74, 6) is 0.385. The van der Waals surface area contributed by atoms with Crippen molar-refractivity contribution in [3.63, 3.8) is 0 Å². The zero-order valence-corrected chi connectivity index (χ0v) is 13.3. The van der Waals surface area contributed by atoms with E-state index in [1.54, 1.807) is 30.3 Å². The molecule has 0 atom stereocenters. The fraction of sp³-hybridized carbons (Fsp3) is 0.0588. The summed E-state index contributed by atoms with van der Waals surface area (Å²) in [5.41, 5.74) is 0.0786. The first-order valence-electron chi connectivity index (χ1n) is 7.39. The topological polar surface area (TPSA) is 127 Å². The van der Waals surface area contributed by atoms with Crippen molar-refractivity contribution in [1.29, 1.82) is 5.26 Å². The lowest BCUT2D eigenvalue weighted by molar-refractivity contribution is -0.383. The molecule has 0 radical (unpaired) electrons. The third kappa shape index (κ3) is 3.54. The molecule has 0 aromatic heterocycles. The van der Waals surface area contributed by atoms with Gasteiger partial charge in [0.2, 0.25) is 6.79 Å². The molecular weight excluding hydrogens is 340 g/mol. The van der Waals surface area contributed by atoms with Crippen molar-refractivity contribution in [3.05, 3.63) is 64.4 Å². The highest BCUT2D eigenvalue weighted by Gasteiger charge is 2.17. The third-order valence-corrected chi connectivity index (χ3v) is 3.47. The molecule has 9 nitrogen and oxygen atoms in total. The SMILES string of the molecule is N#C/C(=C/Nc1ccc2c(c1)OCO2)C(=O)Nc1ccccc1[N+](=O)[O-]. The molecule has 2 N–H and O–H groups in total. The minimum absolute atomic E-state index is 0.00623. The number of anilines is 2. The van der Waals surface area contributed by atoms with Gasteiger partial charge in [0.15, 0.2) is 11.5 Å². The van der Waals surface area contributed by atoms with E-state index in [4.69, 9.17) is 9.47 Å². The average Bonchev–Trinajstić information content (AvgIpc) is 3.10. The lowest BCUT2D eigenvalue weighted by Crippen LogP contribution is -2.15. The van der Waals surface area contributed by atoms with E-state index in [1.165, 1.54) is 24.4 Å². The summed E-state index contributed by atoms with van der Waals surface area (Å²) in [7, 11) is 0. The molecule has 0 fully saturated rings. The fourth-order valence-corrected chi connectivity index (χ4v) is 2.22. The van der Waals surface area contributed by atoms with E-state index in [2.05, 4.69) is 10.6 Å². The number of carbonyl (C=O) groups is 1. The van der Waals surface area contributed by atoms with Gasteiger partial charge in [-0.15, -0.1) is 0 Å². The molecule has 0 bridgehead atoms. The van der Waals surface area contributed by atoms with E-state index >= 15 is 0 Å². The number of benzene rings is 2. The molecule has 0 spiro atoms. The van der Waals surface area contributed by atoms with Crippen LogP contribution in [-0.4, -0.2) is 17.6 Å². The first-order chi connectivity index (χ1) is 12.6. The van der Waals surface area contributed by atoms with Crippen LogP contribution in [0.2, 0.25) is 0 Å². The smallest absolute Gasteiger partial charge is 0.292 e. The highest BCUT2D eigenvalue weighted by molar-refractivity contribution is 6.07. The molecule has 1 aliphatic heterocycles. The van der Waals surface area contributed by atoms with E-state index in [1.807, 2.05) is 0 Å². The average molecular weight is 352 g/mol. The van der Waals surface area contributed by atoms with Crippen molar-refractivity contribution in [2.45, 2.75) is 0 Å². The van der Waals surface area contributed by atoms with Gasteiger partial charge >= 0.3 is 0 Å². The van der Waals surface area contributed by atoms with E-state index in [0.29, 0.717) is 17.2 Å². The van der Waals surface area contributed by atoms with Crippen LogP contribution in [0.3, 0.4) is 0 Å². The predicted molar refractivity (Wildman–Crippen MR) is 91.6 cm³/mol. The number of ether oxygens (including phenoxy) is 2. The number of nitrogens with one attached hydrogen (secondary N) is 2. The number of rotatable bonds is 5. The molecule has 2 aromatic carbocycles. The Morgan fingerprint density at radius 3 is 2.77 bits per heavy atom. The Bertz CT molecular complexity index is 948. The van der Waals surface area contributed by atoms with Gasteiger partial charge in [0.05, 0.1) is 4.92 Å². The third-order valence-electron chi connectivity index (χ3n) is 3.47. The molecule has 1 heterocycles. The van der Waals surface area contributed by atoms with Crippen LogP contribution in [0, 0.1) is 21.4 Å². The first kappa shape index (κ1) is 16.8. The number of carbonyl (C=O) groups excluding carboxylic acids is 1. The van der Waals surface area contributed by atoms with Crippen molar-refractivity contribution in [3.8, 4) is 17.6 Å². The van der Waals surface area contributed by atoms with Crippen LogP contribution < -0.4 is 20.1 Å². The molecule has 0 saturated carbocycles. The van der Waals surface area contributed by atoms with E-state index in [9.17, 15) is 20.2 Å². The minimum atomic E-state index is -0.768. The Kier molecular flexibility index (Phi) is 4.67. The molecule has 2 aromatic rings. The van der Waals surface area contributed by atoms with Gasteiger partial charge in [-0.25, -0.2) is 0 Å². The van der Waals surface area contributed by atoms with E-state index < -0.39 is 10.8 Å². The maximum Gasteiger partial charge on any atom is 0.292 e. The van der Waals surface area contributed by atoms with E-state index in [-0.39, 0.29) is 23.7 Å². The molecule has 26 heavy (non-hydrogen) atoms. The summed E-state index contributed by atoms with van der Waals surface area (Å²) >= 11 is 0. The highest BCUT2D eigenvalue weighted by atomic mass is 16.7. The summed E-state index contributed by atoms with van der Waals surface area (Å²) in [4.78, 5) is 22.6. The summed E-state index contributed by atoms with van der Waals surface area (Å²) in [6.45, 7) is 0.135. The quantitative estimate of drug-likeness (QED) is 0.366. The maximum absolute atomic E-state index is 12.2. The van der Waals surface area contributed by atoms with Crippen LogP contribution in [0.5, 0.6) is 11.5 Å². The predicted octanol–water partition coefficient (Wildman–Crippen LogP) is 2.78. The Hall–Kier alpha value is -4.06. The molecule has 0 unspecified atom stereocenters. The molecule has 1 amide bonds. The second-order valence-electron chi connectivity index (χ2n) is 5.11. The number of nitro groups is 1. The lowest BCUT2D eigenvalue weighted by Gasteiger charge is -2.06. The second kappa shape index (κ2) is 7.23. The Labute approximate surface area is 147 Å². The van der Waals surface area contributed by atoms with Crippen LogP contribution in [0.25, 0.3) is 0 Å². The normalized spacial score (nSPS) is 12.2. The first-order valence-corrected chi connectivity index (χ1v) is 7.39. The van der Waals surface area contributed by atoms with Gasteiger partial charge in [-0.05, 0) is 18.2 Å². The summed E-state index contributed by atoms with van der Waals surface area (Å²) in [6.07, 6.45) is 1.21. The standard InChI is InChI=1S/C17H12N4O5/c18-8-11(9-19-12-5-6-15-16(7-12)26-10-25-15)17(22)20-13-3-1-2-4-14(13)21(23)24/h1-7,9,19H,10H2,(H,20,22)/b11-9-. The molecule has 0 aliphatic carbocycles. The number of nitro benzene ring substituents is 1. The summed E-state index contributed by atoms with van der Waals surface area (Å²) in [6, 6.07) is 12.5. The fourth-order valence-electron chi connectivity index (χ4n) is 2.22. The minimum Gasteiger partial charge on any atom is -0.454 e. The molecular formula is C17H12N4O5. The summed E-state index contributed by atoms with van der Waals surface area (Å²) in [5, 5.41) is 25.4. The van der Waals surface area contributed by atoms with Gasteiger partial charge in [-0.2, -0.15) is 5.26 Å². The van der Waals surface area contributed by atoms with Crippen LogP contribution >= 0.6 is 0 Å². The zero-order chi connectivity index (χ0) is 18.5. The number of amides is 1. The van der Waals surface area contributed by atoms with Crippen molar-refractivity contribution in [2.24, 2.45) is 0 Å². The molecule has 9 heteroatoms. The van der Waals surface area contributed by atoms with Crippen LogP contribution in [0.1, 0.15) is 0 Å². The molecule has 130 valence electrons. The number of para-hydroxylation sites is 2. The number of hydrogen-bond acceptors (Lipinski definition) is 7. The van der Waals surface area contributed by atoms with E-state index in [0.717, 1.165) is 0 Å².